The number of nitrogens with zero attached hydrogens (tertiary/aromatic N) is 3. The van der Waals surface area contributed by atoms with Crippen LogP contribution in [0.3, 0.4) is 0 Å². The number of benzene rings is 1. The van der Waals surface area contributed by atoms with E-state index in [1.807, 2.05) is 21.7 Å². The van der Waals surface area contributed by atoms with Gasteiger partial charge in [-0.05, 0) is 18.4 Å². The summed E-state index contributed by atoms with van der Waals surface area (Å²) in [5.41, 5.74) is 1.38. The van der Waals surface area contributed by atoms with E-state index in [1.54, 1.807) is 6.20 Å². The Morgan fingerprint density at radius 2 is 2.09 bits per heavy atom. The van der Waals surface area contributed by atoms with Gasteiger partial charge in [-0.2, -0.15) is 0 Å². The molecule has 0 N–H and O–H groups in total. The molecule has 4 nitrogen and oxygen atoms in total. The summed E-state index contributed by atoms with van der Waals surface area (Å²) in [6.45, 7) is 6.39. The van der Waals surface area contributed by atoms with Crippen LogP contribution >= 0.6 is 0 Å². The van der Waals surface area contributed by atoms with E-state index >= 15 is 0 Å². The molecule has 1 amide bonds. The van der Waals surface area contributed by atoms with Crippen LogP contribution in [-0.4, -0.2) is 33.4 Å². The molecule has 1 atom stereocenters. The average molecular weight is 311 g/mol. The number of carbonyl (C=O) groups excluding carboxylic acids is 1. The highest BCUT2D eigenvalue weighted by Crippen LogP contribution is 2.33. The molecule has 4 heteroatoms. The SMILES string of the molecule is CCc1nccn1CC(=O)N1CCCC(C)(c2ccccc2)C1. The lowest BCUT2D eigenvalue weighted by Crippen LogP contribution is -2.48. The highest BCUT2D eigenvalue weighted by molar-refractivity contribution is 5.76. The maximum absolute atomic E-state index is 12.7. The van der Waals surface area contributed by atoms with E-state index in [0.717, 1.165) is 38.2 Å². The van der Waals surface area contributed by atoms with Gasteiger partial charge in [-0.3, -0.25) is 4.79 Å². The molecule has 1 aliphatic heterocycles. The quantitative estimate of drug-likeness (QED) is 0.870. The Labute approximate surface area is 138 Å². The Morgan fingerprint density at radius 3 is 2.83 bits per heavy atom. The minimum atomic E-state index is 0.0533. The molecule has 1 aromatic carbocycles. The molecule has 1 aliphatic rings. The molecule has 23 heavy (non-hydrogen) atoms. The van der Waals surface area contributed by atoms with E-state index in [-0.39, 0.29) is 11.3 Å². The van der Waals surface area contributed by atoms with Gasteiger partial charge in [-0.15, -0.1) is 0 Å². The Hall–Kier alpha value is -2.10. The van der Waals surface area contributed by atoms with Crippen molar-refractivity contribution < 1.29 is 4.79 Å². The van der Waals surface area contributed by atoms with Crippen LogP contribution in [0.15, 0.2) is 42.7 Å². The third-order valence-corrected chi connectivity index (χ3v) is 4.94. The maximum Gasteiger partial charge on any atom is 0.242 e. The summed E-state index contributed by atoms with van der Waals surface area (Å²) in [5.74, 6) is 1.17. The van der Waals surface area contributed by atoms with Crippen LogP contribution in [0.4, 0.5) is 0 Å². The second-order valence-electron chi connectivity index (χ2n) is 6.67. The number of hydrogen-bond acceptors (Lipinski definition) is 2. The van der Waals surface area contributed by atoms with Gasteiger partial charge in [0.15, 0.2) is 0 Å². The molecular weight excluding hydrogens is 286 g/mol. The molecule has 0 radical (unpaired) electrons. The monoisotopic (exact) mass is 311 g/mol. The first-order valence-corrected chi connectivity index (χ1v) is 8.46. The zero-order valence-corrected chi connectivity index (χ0v) is 14.0. The standard InChI is InChI=1S/C19H25N3O/c1-3-17-20-11-13-21(17)14-18(23)22-12-7-10-19(2,15-22)16-8-5-4-6-9-16/h4-6,8-9,11,13H,3,7,10,12,14-15H2,1-2H3. The Balaban J connectivity index is 1.72. The topological polar surface area (TPSA) is 38.1 Å². The average Bonchev–Trinajstić information content (AvgIpc) is 3.03. The van der Waals surface area contributed by atoms with Crippen LogP contribution < -0.4 is 0 Å². The molecule has 1 fully saturated rings. The van der Waals surface area contributed by atoms with Crippen molar-refractivity contribution in [1.29, 1.82) is 0 Å². The number of piperidine rings is 1. The predicted molar refractivity (Wildman–Crippen MR) is 91.2 cm³/mol. The van der Waals surface area contributed by atoms with E-state index in [0.29, 0.717) is 6.54 Å². The fourth-order valence-electron chi connectivity index (χ4n) is 3.57. The third-order valence-electron chi connectivity index (χ3n) is 4.94. The van der Waals surface area contributed by atoms with Crippen molar-refractivity contribution in [3.8, 4) is 0 Å². The van der Waals surface area contributed by atoms with Crippen molar-refractivity contribution in [2.24, 2.45) is 0 Å². The van der Waals surface area contributed by atoms with Crippen molar-refractivity contribution >= 4 is 5.91 Å². The van der Waals surface area contributed by atoms with Crippen LogP contribution in [0.25, 0.3) is 0 Å². The zero-order valence-electron chi connectivity index (χ0n) is 14.0. The highest BCUT2D eigenvalue weighted by Gasteiger charge is 2.34. The first-order valence-electron chi connectivity index (χ1n) is 8.46. The van der Waals surface area contributed by atoms with Gasteiger partial charge in [-0.1, -0.05) is 44.2 Å². The van der Waals surface area contributed by atoms with Crippen LogP contribution in [0.5, 0.6) is 0 Å². The van der Waals surface area contributed by atoms with Gasteiger partial charge in [0.05, 0.1) is 0 Å². The normalized spacial score (nSPS) is 21.4. The number of imidazole rings is 1. The molecule has 0 aliphatic carbocycles. The van der Waals surface area contributed by atoms with Gasteiger partial charge in [0, 0.05) is 37.3 Å². The summed E-state index contributed by atoms with van der Waals surface area (Å²) in [5, 5.41) is 0. The Morgan fingerprint density at radius 1 is 1.30 bits per heavy atom. The van der Waals surface area contributed by atoms with Gasteiger partial charge in [0.25, 0.3) is 0 Å². The lowest BCUT2D eigenvalue weighted by atomic mass is 9.76. The largest absolute Gasteiger partial charge is 0.340 e. The van der Waals surface area contributed by atoms with Crippen molar-refractivity contribution in [3.63, 3.8) is 0 Å². The summed E-state index contributed by atoms with van der Waals surface area (Å²) >= 11 is 0. The molecule has 1 saturated heterocycles. The summed E-state index contributed by atoms with van der Waals surface area (Å²) in [6.07, 6.45) is 6.71. The smallest absolute Gasteiger partial charge is 0.242 e. The van der Waals surface area contributed by atoms with Crippen LogP contribution in [0, 0.1) is 0 Å². The molecule has 0 spiro atoms. The molecule has 2 aromatic rings. The molecule has 122 valence electrons. The second kappa shape index (κ2) is 6.57. The van der Waals surface area contributed by atoms with Crippen molar-refractivity contribution in [2.45, 2.75) is 45.1 Å². The zero-order chi connectivity index (χ0) is 16.3. The summed E-state index contributed by atoms with van der Waals surface area (Å²) in [6, 6.07) is 10.6. The number of aromatic nitrogens is 2. The molecule has 3 rings (SSSR count). The van der Waals surface area contributed by atoms with E-state index in [2.05, 4.69) is 43.1 Å². The van der Waals surface area contributed by atoms with Crippen molar-refractivity contribution in [1.82, 2.24) is 14.5 Å². The van der Waals surface area contributed by atoms with Crippen molar-refractivity contribution in [3.05, 3.63) is 54.1 Å². The number of amides is 1. The predicted octanol–water partition coefficient (Wildman–Crippen LogP) is 3.03. The van der Waals surface area contributed by atoms with Gasteiger partial charge in [-0.25, -0.2) is 4.98 Å². The van der Waals surface area contributed by atoms with Gasteiger partial charge >= 0.3 is 0 Å². The fourth-order valence-corrected chi connectivity index (χ4v) is 3.57. The van der Waals surface area contributed by atoms with E-state index < -0.39 is 0 Å². The number of rotatable bonds is 4. The molecule has 0 bridgehead atoms. The number of hydrogen-bond donors (Lipinski definition) is 0. The van der Waals surface area contributed by atoms with Gasteiger partial charge < -0.3 is 9.47 Å². The summed E-state index contributed by atoms with van der Waals surface area (Å²) in [7, 11) is 0. The highest BCUT2D eigenvalue weighted by atomic mass is 16.2. The first kappa shape index (κ1) is 15.8. The number of carbonyl (C=O) groups is 1. The molecule has 2 heterocycles. The minimum absolute atomic E-state index is 0.0533. The van der Waals surface area contributed by atoms with Crippen molar-refractivity contribution in [2.75, 3.05) is 13.1 Å². The Bertz CT molecular complexity index is 664. The summed E-state index contributed by atoms with van der Waals surface area (Å²) in [4.78, 5) is 19.1. The fraction of sp³-hybridized carbons (Fsp3) is 0.474. The molecule has 0 saturated carbocycles. The molecular formula is C19H25N3O. The van der Waals surface area contributed by atoms with E-state index in [4.69, 9.17) is 0 Å². The maximum atomic E-state index is 12.7. The molecule has 1 unspecified atom stereocenters. The first-order chi connectivity index (χ1) is 11.1. The minimum Gasteiger partial charge on any atom is -0.340 e. The van der Waals surface area contributed by atoms with E-state index in [1.165, 1.54) is 5.56 Å². The number of likely N-dealkylation sites (tertiary alicyclic amines) is 1. The second-order valence-corrected chi connectivity index (χ2v) is 6.67. The van der Waals surface area contributed by atoms with E-state index in [9.17, 15) is 4.79 Å². The lowest BCUT2D eigenvalue weighted by molar-refractivity contribution is -0.134. The van der Waals surface area contributed by atoms with Crippen LogP contribution in [0.1, 0.15) is 38.1 Å². The lowest BCUT2D eigenvalue weighted by Gasteiger charge is -2.41. The Kier molecular flexibility index (Phi) is 4.51. The van der Waals surface area contributed by atoms with Crippen LogP contribution in [0.2, 0.25) is 0 Å². The van der Waals surface area contributed by atoms with Gasteiger partial charge in [0.2, 0.25) is 5.91 Å². The summed E-state index contributed by atoms with van der Waals surface area (Å²) < 4.78 is 1.97. The van der Waals surface area contributed by atoms with Gasteiger partial charge in [0.1, 0.15) is 12.4 Å². The third kappa shape index (κ3) is 3.31. The number of aryl methyl sites for hydroxylation is 1. The van der Waals surface area contributed by atoms with Crippen LogP contribution in [-0.2, 0) is 23.2 Å². The molecule has 1 aromatic heterocycles.